The average molecular weight is 206 g/mol. The number of nitrogens with two attached hydrogens (primary N) is 1. The van der Waals surface area contributed by atoms with Gasteiger partial charge in [0.15, 0.2) is 0 Å². The van der Waals surface area contributed by atoms with Crippen LogP contribution in [0.25, 0.3) is 0 Å². The monoisotopic (exact) mass is 206 g/mol. The van der Waals surface area contributed by atoms with E-state index < -0.39 is 0 Å². The largest absolute Gasteiger partial charge is 0.271 e. The molecule has 0 amide bonds. The van der Waals surface area contributed by atoms with Crippen LogP contribution in [0.4, 0.5) is 0 Å². The van der Waals surface area contributed by atoms with Crippen LogP contribution in [-0.2, 0) is 0 Å². The van der Waals surface area contributed by atoms with Crippen LogP contribution in [0.15, 0.2) is 35.7 Å². The smallest absolute Gasteiger partial charge is 0.0983 e. The number of hydrogen-bond donors (Lipinski definition) is 2. The van der Waals surface area contributed by atoms with Gasteiger partial charge in [0.05, 0.1) is 11.7 Å². The summed E-state index contributed by atoms with van der Waals surface area (Å²) in [5.41, 5.74) is 4.66. The summed E-state index contributed by atoms with van der Waals surface area (Å²) < 4.78 is 3.81. The van der Waals surface area contributed by atoms with E-state index in [4.69, 9.17) is 5.84 Å². The Morgan fingerprint density at radius 1 is 1.29 bits per heavy atom. The van der Waals surface area contributed by atoms with Crippen molar-refractivity contribution in [3.8, 4) is 0 Å². The molecule has 3 N–H and O–H groups in total. The van der Waals surface area contributed by atoms with Gasteiger partial charge in [0.1, 0.15) is 0 Å². The molecule has 1 aromatic carbocycles. The summed E-state index contributed by atoms with van der Waals surface area (Å²) in [4.78, 5) is 0. The van der Waals surface area contributed by atoms with E-state index in [9.17, 15) is 0 Å². The molecule has 2 rings (SSSR count). The SMILES string of the molecule is NNC(c1ccccc1)c1csnn1. The second kappa shape index (κ2) is 4.28. The van der Waals surface area contributed by atoms with Gasteiger partial charge in [-0.3, -0.25) is 5.84 Å². The summed E-state index contributed by atoms with van der Waals surface area (Å²) in [6.45, 7) is 0. The molecule has 2 aromatic rings. The summed E-state index contributed by atoms with van der Waals surface area (Å²) in [6, 6.07) is 9.85. The highest BCUT2D eigenvalue weighted by molar-refractivity contribution is 7.03. The molecule has 72 valence electrons. The van der Waals surface area contributed by atoms with E-state index in [1.165, 1.54) is 11.5 Å². The average Bonchev–Trinajstić information content (AvgIpc) is 2.74. The molecule has 0 saturated heterocycles. The highest BCUT2D eigenvalue weighted by Crippen LogP contribution is 2.19. The van der Waals surface area contributed by atoms with Gasteiger partial charge in [-0.25, -0.2) is 5.43 Å². The first kappa shape index (κ1) is 9.26. The van der Waals surface area contributed by atoms with E-state index in [2.05, 4.69) is 15.0 Å². The van der Waals surface area contributed by atoms with Crippen LogP contribution < -0.4 is 11.3 Å². The third-order valence-corrected chi connectivity index (χ3v) is 2.50. The van der Waals surface area contributed by atoms with Gasteiger partial charge < -0.3 is 0 Å². The Balaban J connectivity index is 2.31. The van der Waals surface area contributed by atoms with E-state index in [0.717, 1.165) is 11.3 Å². The molecule has 0 aliphatic rings. The van der Waals surface area contributed by atoms with E-state index in [0.29, 0.717) is 0 Å². The molecule has 1 unspecified atom stereocenters. The van der Waals surface area contributed by atoms with Crippen LogP contribution in [0.3, 0.4) is 0 Å². The molecule has 0 aliphatic heterocycles. The maximum atomic E-state index is 5.48. The lowest BCUT2D eigenvalue weighted by molar-refractivity contribution is 0.619. The minimum atomic E-state index is -0.0741. The Kier molecular flexibility index (Phi) is 2.83. The molecule has 4 nitrogen and oxygen atoms in total. The molecule has 5 heteroatoms. The van der Waals surface area contributed by atoms with Crippen LogP contribution >= 0.6 is 11.5 Å². The van der Waals surface area contributed by atoms with Crippen molar-refractivity contribution in [2.24, 2.45) is 5.84 Å². The number of benzene rings is 1. The number of rotatable bonds is 3. The topological polar surface area (TPSA) is 63.8 Å². The minimum Gasteiger partial charge on any atom is -0.271 e. The zero-order valence-corrected chi connectivity index (χ0v) is 8.24. The molecule has 1 aromatic heterocycles. The maximum Gasteiger partial charge on any atom is 0.0983 e. The van der Waals surface area contributed by atoms with Crippen LogP contribution in [-0.4, -0.2) is 9.59 Å². The molecular weight excluding hydrogens is 196 g/mol. The molecule has 1 heterocycles. The van der Waals surface area contributed by atoms with E-state index in [-0.39, 0.29) is 6.04 Å². The van der Waals surface area contributed by atoms with Crippen molar-refractivity contribution in [3.05, 3.63) is 47.0 Å². The maximum absolute atomic E-state index is 5.48. The fourth-order valence-electron chi connectivity index (χ4n) is 1.30. The van der Waals surface area contributed by atoms with Gasteiger partial charge in [0.25, 0.3) is 0 Å². The third-order valence-electron chi connectivity index (χ3n) is 1.97. The van der Waals surface area contributed by atoms with Gasteiger partial charge >= 0.3 is 0 Å². The first-order valence-electron chi connectivity index (χ1n) is 4.20. The lowest BCUT2D eigenvalue weighted by Gasteiger charge is -2.12. The Labute approximate surface area is 85.9 Å². The Bertz CT molecular complexity index is 373. The van der Waals surface area contributed by atoms with Crippen molar-refractivity contribution < 1.29 is 0 Å². The van der Waals surface area contributed by atoms with Crippen LogP contribution in [0.5, 0.6) is 0 Å². The minimum absolute atomic E-state index is 0.0741. The number of hydrazine groups is 1. The second-order valence-corrected chi connectivity index (χ2v) is 3.45. The molecule has 0 spiro atoms. The third kappa shape index (κ3) is 1.79. The van der Waals surface area contributed by atoms with Gasteiger partial charge in [0.2, 0.25) is 0 Å². The number of nitrogens with one attached hydrogen (secondary N) is 1. The zero-order chi connectivity index (χ0) is 9.80. The van der Waals surface area contributed by atoms with Crippen LogP contribution in [0.1, 0.15) is 17.3 Å². The van der Waals surface area contributed by atoms with Crippen molar-refractivity contribution >= 4 is 11.5 Å². The predicted molar refractivity (Wildman–Crippen MR) is 55.5 cm³/mol. The van der Waals surface area contributed by atoms with Crippen LogP contribution in [0, 0.1) is 0 Å². The van der Waals surface area contributed by atoms with E-state index >= 15 is 0 Å². The Morgan fingerprint density at radius 3 is 2.64 bits per heavy atom. The quantitative estimate of drug-likeness (QED) is 0.583. The summed E-state index contributed by atoms with van der Waals surface area (Å²) in [6.07, 6.45) is 0. The number of aromatic nitrogens is 2. The number of hydrogen-bond acceptors (Lipinski definition) is 5. The fraction of sp³-hybridized carbons (Fsp3) is 0.111. The van der Waals surface area contributed by atoms with Crippen molar-refractivity contribution in [1.82, 2.24) is 15.0 Å². The van der Waals surface area contributed by atoms with Crippen molar-refractivity contribution in [3.63, 3.8) is 0 Å². The van der Waals surface area contributed by atoms with Gasteiger partial charge in [-0.1, -0.05) is 34.8 Å². The Morgan fingerprint density at radius 2 is 2.07 bits per heavy atom. The zero-order valence-electron chi connectivity index (χ0n) is 7.42. The first-order valence-corrected chi connectivity index (χ1v) is 5.03. The van der Waals surface area contributed by atoms with Crippen molar-refractivity contribution in [2.75, 3.05) is 0 Å². The molecule has 0 bridgehead atoms. The predicted octanol–water partition coefficient (Wildman–Crippen LogP) is 1.09. The summed E-state index contributed by atoms with van der Waals surface area (Å²) >= 11 is 1.32. The highest BCUT2D eigenvalue weighted by atomic mass is 32.1. The van der Waals surface area contributed by atoms with Gasteiger partial charge in [0, 0.05) is 5.38 Å². The molecular formula is C9H10N4S. The summed E-state index contributed by atoms with van der Waals surface area (Å²) in [7, 11) is 0. The lowest BCUT2D eigenvalue weighted by atomic mass is 10.1. The Hall–Kier alpha value is -1.30. The molecule has 1 atom stereocenters. The summed E-state index contributed by atoms with van der Waals surface area (Å²) in [5, 5.41) is 5.88. The molecule has 0 aliphatic carbocycles. The summed E-state index contributed by atoms with van der Waals surface area (Å²) in [5.74, 6) is 5.48. The molecule has 0 radical (unpaired) electrons. The lowest BCUT2D eigenvalue weighted by Crippen LogP contribution is -2.29. The number of nitrogens with zero attached hydrogens (tertiary/aromatic N) is 2. The van der Waals surface area contributed by atoms with E-state index in [1.54, 1.807) is 0 Å². The molecule has 0 saturated carbocycles. The normalized spacial score (nSPS) is 12.6. The standard InChI is InChI=1S/C9H10N4S/c10-11-9(8-6-14-13-12-8)7-4-2-1-3-5-7/h1-6,9,11H,10H2. The van der Waals surface area contributed by atoms with Gasteiger partial charge in [-0.15, -0.1) is 5.10 Å². The van der Waals surface area contributed by atoms with Crippen molar-refractivity contribution in [2.45, 2.75) is 6.04 Å². The first-order chi connectivity index (χ1) is 6.92. The van der Waals surface area contributed by atoms with E-state index in [1.807, 2.05) is 35.7 Å². The molecule has 14 heavy (non-hydrogen) atoms. The highest BCUT2D eigenvalue weighted by Gasteiger charge is 2.13. The molecule has 0 fully saturated rings. The van der Waals surface area contributed by atoms with Crippen molar-refractivity contribution in [1.29, 1.82) is 0 Å². The second-order valence-electron chi connectivity index (χ2n) is 2.84. The van der Waals surface area contributed by atoms with Gasteiger partial charge in [-0.2, -0.15) is 0 Å². The van der Waals surface area contributed by atoms with Gasteiger partial charge in [-0.05, 0) is 17.1 Å². The fourth-order valence-corrected chi connectivity index (χ4v) is 1.78. The van der Waals surface area contributed by atoms with Crippen LogP contribution in [0.2, 0.25) is 0 Å².